The summed E-state index contributed by atoms with van der Waals surface area (Å²) in [7, 11) is 0. The molecular weight excluding hydrogens is 332 g/mol. The van der Waals surface area contributed by atoms with Gasteiger partial charge in [0.15, 0.2) is 0 Å². The number of hydrogen-bond acceptors (Lipinski definition) is 3. The lowest BCUT2D eigenvalue weighted by atomic mass is 10.1. The summed E-state index contributed by atoms with van der Waals surface area (Å²) in [6.07, 6.45) is 1.97. The summed E-state index contributed by atoms with van der Waals surface area (Å²) in [5.41, 5.74) is 0.237. The van der Waals surface area contributed by atoms with Crippen molar-refractivity contribution in [2.75, 3.05) is 5.32 Å². The van der Waals surface area contributed by atoms with E-state index in [0.717, 1.165) is 12.8 Å². The number of carboxylic acid groups (broad SMARTS) is 1. The monoisotopic (exact) mass is 350 g/mol. The van der Waals surface area contributed by atoms with Crippen molar-refractivity contribution in [2.24, 2.45) is 17.3 Å². The van der Waals surface area contributed by atoms with Crippen LogP contribution in [-0.2, 0) is 9.59 Å². The molecule has 6 nitrogen and oxygen atoms in total. The predicted octanol–water partition coefficient (Wildman–Crippen LogP) is 2.53. The SMILES string of the molecule is CC1(C)[C@H](C(=O)O)[C@H]1C(=O)Nc1ccc(C(=O)NC2CC2)c(Cl)c1. The normalized spacial score (nSPS) is 24.1. The molecule has 24 heavy (non-hydrogen) atoms. The Kier molecular flexibility index (Phi) is 4.03. The molecule has 2 atom stereocenters. The molecule has 0 heterocycles. The number of carbonyl (C=O) groups is 3. The summed E-state index contributed by atoms with van der Waals surface area (Å²) in [6.45, 7) is 3.52. The third-order valence-corrected chi connectivity index (χ3v) is 5.08. The summed E-state index contributed by atoms with van der Waals surface area (Å²) in [5.74, 6) is -2.80. The molecule has 2 aliphatic carbocycles. The number of rotatable bonds is 5. The van der Waals surface area contributed by atoms with Crippen LogP contribution >= 0.6 is 11.6 Å². The van der Waals surface area contributed by atoms with Crippen LogP contribution in [0.25, 0.3) is 0 Å². The van der Waals surface area contributed by atoms with Crippen LogP contribution in [-0.4, -0.2) is 28.9 Å². The molecule has 1 aromatic carbocycles. The summed E-state index contributed by atoms with van der Waals surface area (Å²) >= 11 is 6.14. The van der Waals surface area contributed by atoms with E-state index in [1.54, 1.807) is 26.0 Å². The van der Waals surface area contributed by atoms with Crippen molar-refractivity contribution in [3.05, 3.63) is 28.8 Å². The molecule has 0 spiro atoms. The van der Waals surface area contributed by atoms with Gasteiger partial charge in [0.25, 0.3) is 5.91 Å². The molecule has 0 unspecified atom stereocenters. The second-order valence-corrected chi connectivity index (χ2v) is 7.45. The maximum Gasteiger partial charge on any atom is 0.307 e. The van der Waals surface area contributed by atoms with Crippen LogP contribution in [0.15, 0.2) is 18.2 Å². The lowest BCUT2D eigenvalue weighted by Crippen LogP contribution is -2.25. The Labute approximate surface area is 144 Å². The highest BCUT2D eigenvalue weighted by Gasteiger charge is 2.65. The predicted molar refractivity (Wildman–Crippen MR) is 89.0 cm³/mol. The number of amides is 2. The number of carboxylic acids is 1. The van der Waals surface area contributed by atoms with E-state index < -0.39 is 23.2 Å². The third-order valence-electron chi connectivity index (χ3n) is 4.77. The molecule has 128 valence electrons. The van der Waals surface area contributed by atoms with Gasteiger partial charge in [0, 0.05) is 11.7 Å². The molecule has 2 aliphatic rings. The molecule has 0 aliphatic heterocycles. The Morgan fingerprint density at radius 2 is 1.88 bits per heavy atom. The van der Waals surface area contributed by atoms with Crippen molar-refractivity contribution < 1.29 is 19.5 Å². The van der Waals surface area contributed by atoms with Crippen molar-refractivity contribution >= 4 is 35.1 Å². The number of benzene rings is 1. The Bertz CT molecular complexity index is 727. The molecule has 3 rings (SSSR count). The van der Waals surface area contributed by atoms with Crippen molar-refractivity contribution in [2.45, 2.75) is 32.7 Å². The summed E-state index contributed by atoms with van der Waals surface area (Å²) in [5, 5.41) is 14.9. The summed E-state index contributed by atoms with van der Waals surface area (Å²) in [6, 6.07) is 4.89. The van der Waals surface area contributed by atoms with Gasteiger partial charge >= 0.3 is 5.97 Å². The summed E-state index contributed by atoms with van der Waals surface area (Å²) in [4.78, 5) is 35.5. The zero-order valence-corrected chi connectivity index (χ0v) is 14.2. The van der Waals surface area contributed by atoms with E-state index in [-0.39, 0.29) is 22.9 Å². The highest BCUT2D eigenvalue weighted by Crippen LogP contribution is 2.58. The average molecular weight is 351 g/mol. The minimum absolute atomic E-state index is 0.227. The van der Waals surface area contributed by atoms with Crippen LogP contribution in [0.4, 0.5) is 5.69 Å². The smallest absolute Gasteiger partial charge is 0.307 e. The van der Waals surface area contributed by atoms with Crippen molar-refractivity contribution in [1.29, 1.82) is 0 Å². The van der Waals surface area contributed by atoms with E-state index in [4.69, 9.17) is 16.7 Å². The number of nitrogens with one attached hydrogen (secondary N) is 2. The van der Waals surface area contributed by atoms with Gasteiger partial charge in [0.1, 0.15) is 0 Å². The highest BCUT2D eigenvalue weighted by molar-refractivity contribution is 6.34. The van der Waals surface area contributed by atoms with E-state index in [1.807, 2.05) is 0 Å². The quantitative estimate of drug-likeness (QED) is 0.760. The van der Waals surface area contributed by atoms with Gasteiger partial charge < -0.3 is 15.7 Å². The maximum atomic E-state index is 12.3. The van der Waals surface area contributed by atoms with Gasteiger partial charge in [0.2, 0.25) is 5.91 Å². The number of aliphatic carboxylic acids is 1. The topological polar surface area (TPSA) is 95.5 Å². The third kappa shape index (κ3) is 3.11. The van der Waals surface area contributed by atoms with Crippen LogP contribution < -0.4 is 10.6 Å². The highest BCUT2D eigenvalue weighted by atomic mass is 35.5. The maximum absolute atomic E-state index is 12.3. The lowest BCUT2D eigenvalue weighted by Gasteiger charge is -2.09. The minimum atomic E-state index is -0.967. The molecule has 0 bridgehead atoms. The van der Waals surface area contributed by atoms with E-state index in [0.29, 0.717) is 11.3 Å². The molecule has 0 saturated heterocycles. The van der Waals surface area contributed by atoms with Crippen LogP contribution in [0, 0.1) is 17.3 Å². The van der Waals surface area contributed by atoms with Crippen LogP contribution in [0.3, 0.4) is 0 Å². The molecular formula is C17H19ClN2O4. The first-order valence-electron chi connectivity index (χ1n) is 7.86. The standard InChI is InChI=1S/C17H19ClN2O4/c1-17(2)12(13(17)16(23)24)15(22)20-9-5-6-10(11(18)7-9)14(21)19-8-3-4-8/h5-8,12-13H,3-4H2,1-2H3,(H,19,21)(H,20,22)(H,23,24)/t12-,13-/m0/s1. The summed E-state index contributed by atoms with van der Waals surface area (Å²) < 4.78 is 0. The number of carbonyl (C=O) groups excluding carboxylic acids is 2. The average Bonchev–Trinajstić information content (AvgIpc) is 3.35. The molecule has 2 fully saturated rings. The Hall–Kier alpha value is -2.08. The fourth-order valence-corrected chi connectivity index (χ4v) is 3.34. The molecule has 0 radical (unpaired) electrons. The molecule has 7 heteroatoms. The fraction of sp³-hybridized carbons (Fsp3) is 0.471. The van der Waals surface area contributed by atoms with E-state index in [1.165, 1.54) is 6.07 Å². The lowest BCUT2D eigenvalue weighted by molar-refractivity contribution is -0.140. The first kappa shape index (κ1) is 16.8. The van der Waals surface area contributed by atoms with Crippen molar-refractivity contribution in [3.63, 3.8) is 0 Å². The van der Waals surface area contributed by atoms with Crippen molar-refractivity contribution in [3.8, 4) is 0 Å². The van der Waals surface area contributed by atoms with Gasteiger partial charge in [-0.3, -0.25) is 14.4 Å². The van der Waals surface area contributed by atoms with Gasteiger partial charge in [-0.2, -0.15) is 0 Å². The second kappa shape index (κ2) is 5.77. The van der Waals surface area contributed by atoms with Crippen LogP contribution in [0.1, 0.15) is 37.0 Å². The van der Waals surface area contributed by atoms with Crippen molar-refractivity contribution in [1.82, 2.24) is 5.32 Å². The van der Waals surface area contributed by atoms with E-state index in [9.17, 15) is 14.4 Å². The fourth-order valence-electron chi connectivity index (χ4n) is 3.08. The first-order chi connectivity index (χ1) is 11.2. The number of halogens is 1. The Morgan fingerprint density at radius 1 is 1.21 bits per heavy atom. The zero-order valence-electron chi connectivity index (χ0n) is 13.4. The minimum Gasteiger partial charge on any atom is -0.481 e. The van der Waals surface area contributed by atoms with Gasteiger partial charge in [-0.1, -0.05) is 25.4 Å². The van der Waals surface area contributed by atoms with Crippen LogP contribution in [0.2, 0.25) is 5.02 Å². The van der Waals surface area contributed by atoms with Gasteiger partial charge in [-0.15, -0.1) is 0 Å². The van der Waals surface area contributed by atoms with Gasteiger partial charge in [-0.25, -0.2) is 0 Å². The second-order valence-electron chi connectivity index (χ2n) is 7.05. The Morgan fingerprint density at radius 3 is 2.38 bits per heavy atom. The zero-order chi connectivity index (χ0) is 17.6. The van der Waals surface area contributed by atoms with Gasteiger partial charge in [-0.05, 0) is 36.5 Å². The largest absolute Gasteiger partial charge is 0.481 e. The molecule has 1 aromatic rings. The number of anilines is 1. The van der Waals surface area contributed by atoms with E-state index >= 15 is 0 Å². The van der Waals surface area contributed by atoms with E-state index in [2.05, 4.69) is 10.6 Å². The molecule has 2 amide bonds. The molecule has 0 aromatic heterocycles. The first-order valence-corrected chi connectivity index (χ1v) is 8.23. The van der Waals surface area contributed by atoms with Crippen LogP contribution in [0.5, 0.6) is 0 Å². The molecule has 2 saturated carbocycles. The Balaban J connectivity index is 1.67. The van der Waals surface area contributed by atoms with Gasteiger partial charge in [0.05, 0.1) is 22.4 Å². The number of hydrogen-bond donors (Lipinski definition) is 3. The molecule has 3 N–H and O–H groups in total.